The van der Waals surface area contributed by atoms with E-state index in [1.807, 2.05) is 19.1 Å². The van der Waals surface area contributed by atoms with Crippen LogP contribution in [0.3, 0.4) is 0 Å². The molecule has 1 aliphatic heterocycles. The standard InChI is InChI=1S/C24H32FNO3/c1-4-17(12-25)13-28-20-7-5-18(6-8-20)23-14-24(15-23,16-23)21(27)26-19-9-10-29-22(2,3)11-19/h5-8,12,19H,4,9-11,13-16H2,1-3H3,(H,26,27)/b17-12+. The molecule has 1 amide bonds. The SMILES string of the molecule is CC/C(=C\F)COc1ccc(C23CC(C(=O)NC4CCOC(C)(C)C4)(C2)C3)cc1. The van der Waals surface area contributed by atoms with E-state index in [0.29, 0.717) is 24.9 Å². The van der Waals surface area contributed by atoms with Crippen LogP contribution >= 0.6 is 0 Å². The molecule has 2 bridgehead atoms. The van der Waals surface area contributed by atoms with Gasteiger partial charge in [0, 0.05) is 12.6 Å². The van der Waals surface area contributed by atoms with Gasteiger partial charge < -0.3 is 14.8 Å². The van der Waals surface area contributed by atoms with Crippen molar-refractivity contribution >= 4 is 5.91 Å². The second-order valence-corrected chi connectivity index (χ2v) is 9.80. The van der Waals surface area contributed by atoms with E-state index in [0.717, 1.165) is 37.9 Å². The molecule has 1 aromatic carbocycles. The van der Waals surface area contributed by atoms with E-state index in [4.69, 9.17) is 9.47 Å². The number of ether oxygens (including phenoxy) is 2. The van der Waals surface area contributed by atoms with E-state index >= 15 is 0 Å². The maximum Gasteiger partial charge on any atom is 0.226 e. The van der Waals surface area contributed by atoms with Gasteiger partial charge in [0.05, 0.1) is 17.3 Å². The highest BCUT2D eigenvalue weighted by Gasteiger charge is 2.71. The number of carbonyl (C=O) groups excluding carboxylic acids is 1. The van der Waals surface area contributed by atoms with Gasteiger partial charge in [-0.05, 0) is 81.1 Å². The Labute approximate surface area is 172 Å². The highest BCUT2D eigenvalue weighted by molar-refractivity contribution is 5.87. The number of hydrogen-bond donors (Lipinski definition) is 1. The summed E-state index contributed by atoms with van der Waals surface area (Å²) in [4.78, 5) is 12.9. The van der Waals surface area contributed by atoms with Crippen molar-refractivity contribution in [2.75, 3.05) is 13.2 Å². The summed E-state index contributed by atoms with van der Waals surface area (Å²) in [6, 6.07) is 8.33. The molecule has 5 rings (SSSR count). The van der Waals surface area contributed by atoms with E-state index in [1.165, 1.54) is 5.56 Å². The minimum atomic E-state index is -0.167. The van der Waals surface area contributed by atoms with Crippen molar-refractivity contribution in [3.8, 4) is 5.75 Å². The Morgan fingerprint density at radius 1 is 1.28 bits per heavy atom. The molecular formula is C24H32FNO3. The molecule has 1 aromatic rings. The van der Waals surface area contributed by atoms with Gasteiger partial charge in [-0.15, -0.1) is 0 Å². The maximum atomic E-state index is 12.9. The van der Waals surface area contributed by atoms with Gasteiger partial charge in [0.1, 0.15) is 12.4 Å². The van der Waals surface area contributed by atoms with Crippen LogP contribution in [0.1, 0.15) is 64.9 Å². The first-order valence-electron chi connectivity index (χ1n) is 10.8. The summed E-state index contributed by atoms with van der Waals surface area (Å²) in [6.45, 7) is 7.08. The minimum absolute atomic E-state index is 0.151. The van der Waals surface area contributed by atoms with Gasteiger partial charge in [-0.3, -0.25) is 4.79 Å². The molecule has 0 spiro atoms. The molecule has 1 heterocycles. The first-order valence-corrected chi connectivity index (χ1v) is 10.8. The minimum Gasteiger partial charge on any atom is -0.489 e. The van der Waals surface area contributed by atoms with Gasteiger partial charge in [0.15, 0.2) is 0 Å². The second kappa shape index (κ2) is 7.42. The van der Waals surface area contributed by atoms with Crippen molar-refractivity contribution < 1.29 is 18.7 Å². The third-order valence-corrected chi connectivity index (χ3v) is 7.04. The van der Waals surface area contributed by atoms with Crippen LogP contribution in [0.2, 0.25) is 0 Å². The molecule has 1 atom stereocenters. The topological polar surface area (TPSA) is 47.6 Å². The second-order valence-electron chi connectivity index (χ2n) is 9.80. The molecule has 158 valence electrons. The van der Waals surface area contributed by atoms with E-state index in [-0.39, 0.29) is 35.0 Å². The summed E-state index contributed by atoms with van der Waals surface area (Å²) >= 11 is 0. The summed E-state index contributed by atoms with van der Waals surface area (Å²) in [6.07, 6.45) is 5.85. The van der Waals surface area contributed by atoms with Crippen molar-refractivity contribution in [1.82, 2.24) is 5.32 Å². The van der Waals surface area contributed by atoms with Gasteiger partial charge in [-0.2, -0.15) is 0 Å². The predicted molar refractivity (Wildman–Crippen MR) is 111 cm³/mol. The lowest BCUT2D eigenvalue weighted by molar-refractivity contribution is -0.178. The van der Waals surface area contributed by atoms with Crippen molar-refractivity contribution in [2.24, 2.45) is 5.41 Å². The molecule has 3 aliphatic carbocycles. The smallest absolute Gasteiger partial charge is 0.226 e. The van der Waals surface area contributed by atoms with Crippen LogP contribution in [0.25, 0.3) is 0 Å². The van der Waals surface area contributed by atoms with Crippen molar-refractivity contribution in [2.45, 2.75) is 76.4 Å². The van der Waals surface area contributed by atoms with E-state index in [1.54, 1.807) is 0 Å². The molecule has 1 N–H and O–H groups in total. The molecule has 29 heavy (non-hydrogen) atoms. The number of nitrogens with one attached hydrogen (secondary N) is 1. The molecule has 1 unspecified atom stereocenters. The number of halogens is 1. The summed E-state index contributed by atoms with van der Waals surface area (Å²) in [5, 5.41) is 3.30. The van der Waals surface area contributed by atoms with Crippen LogP contribution in [-0.2, 0) is 14.9 Å². The molecule has 4 fully saturated rings. The molecular weight excluding hydrogens is 369 g/mol. The fraction of sp³-hybridized carbons (Fsp3) is 0.625. The van der Waals surface area contributed by atoms with Crippen LogP contribution in [0, 0.1) is 5.41 Å². The first-order chi connectivity index (χ1) is 13.8. The zero-order valence-electron chi connectivity index (χ0n) is 17.7. The molecule has 0 aromatic heterocycles. The largest absolute Gasteiger partial charge is 0.489 e. The normalized spacial score (nSPS) is 32.7. The predicted octanol–water partition coefficient (Wildman–Crippen LogP) is 4.82. The fourth-order valence-corrected chi connectivity index (χ4v) is 5.32. The lowest BCUT2D eigenvalue weighted by Crippen LogP contribution is -2.70. The van der Waals surface area contributed by atoms with E-state index in [9.17, 15) is 9.18 Å². The fourth-order valence-electron chi connectivity index (χ4n) is 5.32. The van der Waals surface area contributed by atoms with E-state index in [2.05, 4.69) is 31.3 Å². The number of carbonyl (C=O) groups is 1. The summed E-state index contributed by atoms with van der Waals surface area (Å²) in [5.41, 5.74) is 1.76. The molecule has 4 nitrogen and oxygen atoms in total. The monoisotopic (exact) mass is 401 g/mol. The lowest BCUT2D eigenvalue weighted by Gasteiger charge is -2.70. The van der Waals surface area contributed by atoms with Crippen LogP contribution in [0.4, 0.5) is 4.39 Å². The van der Waals surface area contributed by atoms with Gasteiger partial charge in [0.25, 0.3) is 0 Å². The van der Waals surface area contributed by atoms with Crippen LogP contribution in [-0.4, -0.2) is 30.8 Å². The Morgan fingerprint density at radius 2 is 1.97 bits per heavy atom. The van der Waals surface area contributed by atoms with Crippen molar-refractivity contribution in [3.05, 3.63) is 41.7 Å². The van der Waals surface area contributed by atoms with Crippen LogP contribution < -0.4 is 10.1 Å². The number of rotatable bonds is 7. The van der Waals surface area contributed by atoms with Crippen molar-refractivity contribution in [1.29, 1.82) is 0 Å². The Morgan fingerprint density at radius 3 is 2.55 bits per heavy atom. The highest BCUT2D eigenvalue weighted by Crippen LogP contribution is 2.73. The maximum absolute atomic E-state index is 12.9. The zero-order valence-corrected chi connectivity index (χ0v) is 17.7. The molecule has 3 saturated carbocycles. The average Bonchev–Trinajstić information content (AvgIpc) is 2.60. The summed E-state index contributed by atoms with van der Waals surface area (Å²) in [7, 11) is 0. The quantitative estimate of drug-likeness (QED) is 0.712. The molecule has 4 aliphatic rings. The van der Waals surface area contributed by atoms with Gasteiger partial charge in [0.2, 0.25) is 5.91 Å². The van der Waals surface area contributed by atoms with Gasteiger partial charge in [-0.25, -0.2) is 4.39 Å². The number of amides is 1. The van der Waals surface area contributed by atoms with E-state index < -0.39 is 0 Å². The van der Waals surface area contributed by atoms with Gasteiger partial charge in [-0.1, -0.05) is 19.1 Å². The van der Waals surface area contributed by atoms with Crippen LogP contribution in [0.5, 0.6) is 5.75 Å². The molecule has 1 saturated heterocycles. The third-order valence-electron chi connectivity index (χ3n) is 7.04. The Kier molecular flexibility index (Phi) is 5.22. The van der Waals surface area contributed by atoms with Gasteiger partial charge >= 0.3 is 0 Å². The Hall–Kier alpha value is -1.88. The molecule has 0 radical (unpaired) electrons. The number of benzene rings is 1. The zero-order chi connectivity index (χ0) is 20.7. The van der Waals surface area contributed by atoms with Crippen LogP contribution in [0.15, 0.2) is 36.2 Å². The highest BCUT2D eigenvalue weighted by atomic mass is 19.1. The Bertz CT molecular complexity index is 779. The van der Waals surface area contributed by atoms with Crippen molar-refractivity contribution in [3.63, 3.8) is 0 Å². The Balaban J connectivity index is 1.30. The first kappa shape index (κ1) is 20.4. The number of hydrogen-bond acceptors (Lipinski definition) is 3. The summed E-state index contributed by atoms with van der Waals surface area (Å²) < 4.78 is 24.1. The third kappa shape index (κ3) is 3.81. The summed E-state index contributed by atoms with van der Waals surface area (Å²) in [5.74, 6) is 0.981. The average molecular weight is 402 g/mol. The lowest BCUT2D eigenvalue weighted by atomic mass is 9.33. The molecule has 5 heteroatoms.